The van der Waals surface area contributed by atoms with E-state index in [9.17, 15) is 0 Å². The van der Waals surface area contributed by atoms with Crippen LogP contribution in [-0.4, -0.2) is 4.75 Å². The standard InChI is InChI=1S/C12H14ClNS/c1-12(2,3)15-11(8-14)9-5-4-6-10(13)7-9/h4-7,11H,1-3H3. The van der Waals surface area contributed by atoms with Gasteiger partial charge in [-0.25, -0.2) is 0 Å². The first-order valence-corrected chi connectivity index (χ1v) is 6.01. The maximum absolute atomic E-state index is 9.12. The predicted octanol–water partition coefficient (Wildman–Crippen LogP) is 4.44. The number of rotatable bonds is 2. The van der Waals surface area contributed by atoms with Gasteiger partial charge in [0.2, 0.25) is 0 Å². The molecule has 1 aromatic carbocycles. The molecule has 0 amide bonds. The minimum Gasteiger partial charge on any atom is -0.197 e. The van der Waals surface area contributed by atoms with Gasteiger partial charge in [0.1, 0.15) is 5.25 Å². The van der Waals surface area contributed by atoms with Crippen molar-refractivity contribution in [1.82, 2.24) is 0 Å². The average molecular weight is 240 g/mol. The summed E-state index contributed by atoms with van der Waals surface area (Å²) in [6.07, 6.45) is 0. The lowest BCUT2D eigenvalue weighted by Crippen LogP contribution is -2.10. The SMILES string of the molecule is CC(C)(C)SC(C#N)c1cccc(Cl)c1. The van der Waals surface area contributed by atoms with Crippen LogP contribution in [0, 0.1) is 11.3 Å². The van der Waals surface area contributed by atoms with Crippen molar-refractivity contribution in [3.63, 3.8) is 0 Å². The van der Waals surface area contributed by atoms with Gasteiger partial charge in [0.15, 0.2) is 0 Å². The van der Waals surface area contributed by atoms with Crippen LogP contribution in [0.4, 0.5) is 0 Å². The molecule has 0 aliphatic carbocycles. The minimum absolute atomic E-state index is 0.0721. The van der Waals surface area contributed by atoms with Gasteiger partial charge in [0, 0.05) is 9.77 Å². The van der Waals surface area contributed by atoms with E-state index in [2.05, 4.69) is 26.8 Å². The normalized spacial score (nSPS) is 13.3. The van der Waals surface area contributed by atoms with Crippen LogP contribution in [0.2, 0.25) is 5.02 Å². The molecule has 3 heteroatoms. The van der Waals surface area contributed by atoms with Crippen molar-refractivity contribution in [2.24, 2.45) is 0 Å². The summed E-state index contributed by atoms with van der Waals surface area (Å²) >= 11 is 7.54. The van der Waals surface area contributed by atoms with E-state index >= 15 is 0 Å². The average Bonchev–Trinajstić information content (AvgIpc) is 2.13. The summed E-state index contributed by atoms with van der Waals surface area (Å²) in [4.78, 5) is 0. The quantitative estimate of drug-likeness (QED) is 0.762. The van der Waals surface area contributed by atoms with Gasteiger partial charge in [-0.1, -0.05) is 44.5 Å². The lowest BCUT2D eigenvalue weighted by molar-refractivity contribution is 0.799. The van der Waals surface area contributed by atoms with Crippen molar-refractivity contribution < 1.29 is 0 Å². The third kappa shape index (κ3) is 4.15. The maximum atomic E-state index is 9.12. The fraction of sp³-hybridized carbons (Fsp3) is 0.417. The third-order valence-electron chi connectivity index (χ3n) is 1.74. The van der Waals surface area contributed by atoms with E-state index < -0.39 is 0 Å². The van der Waals surface area contributed by atoms with Gasteiger partial charge in [-0.2, -0.15) is 5.26 Å². The zero-order valence-electron chi connectivity index (χ0n) is 9.12. The molecule has 80 valence electrons. The Hall–Kier alpha value is -0.650. The predicted molar refractivity (Wildman–Crippen MR) is 67.2 cm³/mol. The monoisotopic (exact) mass is 239 g/mol. The van der Waals surface area contributed by atoms with Crippen LogP contribution in [0.3, 0.4) is 0 Å². The smallest absolute Gasteiger partial charge is 0.117 e. The molecule has 0 aliphatic rings. The van der Waals surface area contributed by atoms with Gasteiger partial charge < -0.3 is 0 Å². The lowest BCUT2D eigenvalue weighted by Gasteiger charge is -2.21. The van der Waals surface area contributed by atoms with E-state index in [0.717, 1.165) is 5.56 Å². The molecule has 0 aromatic heterocycles. The van der Waals surface area contributed by atoms with E-state index in [1.807, 2.05) is 24.3 Å². The minimum atomic E-state index is -0.149. The Labute approximate surface area is 100 Å². The Balaban J connectivity index is 2.90. The molecule has 1 atom stereocenters. The second-order valence-electron chi connectivity index (χ2n) is 4.29. The lowest BCUT2D eigenvalue weighted by atomic mass is 10.2. The molecule has 0 heterocycles. The number of hydrogen-bond donors (Lipinski definition) is 0. The second kappa shape index (κ2) is 4.92. The molecule has 0 aliphatic heterocycles. The molecule has 0 saturated heterocycles. The van der Waals surface area contributed by atoms with Crippen LogP contribution in [0.25, 0.3) is 0 Å². The van der Waals surface area contributed by atoms with Crippen LogP contribution in [0.15, 0.2) is 24.3 Å². The van der Waals surface area contributed by atoms with Gasteiger partial charge >= 0.3 is 0 Å². The summed E-state index contributed by atoms with van der Waals surface area (Å²) in [6.45, 7) is 6.31. The van der Waals surface area contributed by atoms with Crippen molar-refractivity contribution in [2.75, 3.05) is 0 Å². The van der Waals surface area contributed by atoms with Gasteiger partial charge in [0.25, 0.3) is 0 Å². The van der Waals surface area contributed by atoms with Crippen molar-refractivity contribution in [3.8, 4) is 6.07 Å². The zero-order chi connectivity index (χ0) is 11.5. The number of nitrogens with zero attached hydrogens (tertiary/aromatic N) is 1. The summed E-state index contributed by atoms with van der Waals surface area (Å²) in [5.41, 5.74) is 0.977. The fourth-order valence-electron chi connectivity index (χ4n) is 1.19. The Bertz CT molecular complexity index is 376. The number of benzene rings is 1. The van der Waals surface area contributed by atoms with Gasteiger partial charge in [-0.3, -0.25) is 0 Å². The van der Waals surface area contributed by atoms with E-state index in [1.165, 1.54) is 0 Å². The highest BCUT2D eigenvalue weighted by Gasteiger charge is 2.20. The number of hydrogen-bond acceptors (Lipinski definition) is 2. The first-order chi connectivity index (χ1) is 6.92. The highest BCUT2D eigenvalue weighted by molar-refractivity contribution is 8.01. The van der Waals surface area contributed by atoms with Crippen LogP contribution >= 0.6 is 23.4 Å². The molecule has 0 spiro atoms. The Morgan fingerprint density at radius 1 is 1.40 bits per heavy atom. The van der Waals surface area contributed by atoms with Gasteiger partial charge in [0.05, 0.1) is 6.07 Å². The molecular formula is C12H14ClNS. The summed E-state index contributed by atoms with van der Waals surface area (Å²) < 4.78 is 0.0721. The highest BCUT2D eigenvalue weighted by atomic mass is 35.5. The molecule has 1 aromatic rings. The van der Waals surface area contributed by atoms with E-state index in [0.29, 0.717) is 5.02 Å². The molecular weight excluding hydrogens is 226 g/mol. The molecule has 1 unspecified atom stereocenters. The van der Waals surface area contributed by atoms with Gasteiger partial charge in [-0.05, 0) is 17.7 Å². The molecule has 0 radical (unpaired) electrons. The summed E-state index contributed by atoms with van der Waals surface area (Å²) in [5.74, 6) is 0. The Morgan fingerprint density at radius 3 is 2.53 bits per heavy atom. The summed E-state index contributed by atoms with van der Waals surface area (Å²) in [6, 6.07) is 9.81. The molecule has 15 heavy (non-hydrogen) atoms. The number of thioether (sulfide) groups is 1. The van der Waals surface area contributed by atoms with Crippen LogP contribution in [-0.2, 0) is 0 Å². The maximum Gasteiger partial charge on any atom is 0.117 e. The first-order valence-electron chi connectivity index (χ1n) is 4.75. The highest BCUT2D eigenvalue weighted by Crippen LogP contribution is 2.38. The van der Waals surface area contributed by atoms with Crippen molar-refractivity contribution in [3.05, 3.63) is 34.9 Å². The topological polar surface area (TPSA) is 23.8 Å². The van der Waals surface area contributed by atoms with Crippen LogP contribution in [0.5, 0.6) is 0 Å². The van der Waals surface area contributed by atoms with Gasteiger partial charge in [-0.15, -0.1) is 11.8 Å². The first kappa shape index (κ1) is 12.4. The molecule has 0 fully saturated rings. The van der Waals surface area contributed by atoms with E-state index in [-0.39, 0.29) is 10.00 Å². The molecule has 0 bridgehead atoms. The third-order valence-corrected chi connectivity index (χ3v) is 3.30. The number of nitriles is 1. The van der Waals surface area contributed by atoms with Crippen molar-refractivity contribution in [2.45, 2.75) is 30.8 Å². The fourth-order valence-corrected chi connectivity index (χ4v) is 2.43. The summed E-state index contributed by atoms with van der Waals surface area (Å²) in [5, 5.41) is 9.65. The molecule has 0 N–H and O–H groups in total. The molecule has 0 saturated carbocycles. The Kier molecular flexibility index (Phi) is 4.07. The van der Waals surface area contributed by atoms with Crippen molar-refractivity contribution >= 4 is 23.4 Å². The molecule has 1 rings (SSSR count). The number of halogens is 1. The Morgan fingerprint density at radius 2 is 2.07 bits per heavy atom. The van der Waals surface area contributed by atoms with E-state index in [4.69, 9.17) is 16.9 Å². The van der Waals surface area contributed by atoms with Crippen LogP contribution < -0.4 is 0 Å². The van der Waals surface area contributed by atoms with E-state index in [1.54, 1.807) is 11.8 Å². The molecule has 1 nitrogen and oxygen atoms in total. The zero-order valence-corrected chi connectivity index (χ0v) is 10.7. The van der Waals surface area contributed by atoms with Crippen molar-refractivity contribution in [1.29, 1.82) is 5.26 Å². The largest absolute Gasteiger partial charge is 0.197 e. The van der Waals surface area contributed by atoms with Crippen LogP contribution in [0.1, 0.15) is 31.6 Å². The second-order valence-corrected chi connectivity index (χ2v) is 6.66. The summed E-state index contributed by atoms with van der Waals surface area (Å²) in [7, 11) is 0.